The first-order valence-corrected chi connectivity index (χ1v) is 29.4. The summed E-state index contributed by atoms with van der Waals surface area (Å²) in [6.45, 7) is 6.37. The predicted octanol–water partition coefficient (Wildman–Crippen LogP) is 19.9. The van der Waals surface area contributed by atoms with Gasteiger partial charge in [-0.15, -0.1) is 0 Å². The molecular formula is C65H108O6. The lowest BCUT2D eigenvalue weighted by molar-refractivity contribution is -0.167. The topological polar surface area (TPSA) is 78.9 Å². The lowest BCUT2D eigenvalue weighted by atomic mass is 10.1. The summed E-state index contributed by atoms with van der Waals surface area (Å²) in [4.78, 5) is 38.2. The minimum Gasteiger partial charge on any atom is -0.462 e. The van der Waals surface area contributed by atoms with Gasteiger partial charge in [-0.2, -0.15) is 0 Å². The number of ether oxygens (including phenoxy) is 3. The summed E-state index contributed by atoms with van der Waals surface area (Å²) >= 11 is 0. The average molecular weight is 986 g/mol. The molecule has 0 rings (SSSR count). The highest BCUT2D eigenvalue weighted by Gasteiger charge is 2.19. The van der Waals surface area contributed by atoms with Gasteiger partial charge in [0.1, 0.15) is 13.2 Å². The molecule has 0 N–H and O–H groups in total. The first-order chi connectivity index (χ1) is 35.0. The van der Waals surface area contributed by atoms with Crippen LogP contribution in [0.25, 0.3) is 0 Å². The third kappa shape index (κ3) is 56.9. The lowest BCUT2D eigenvalue weighted by Crippen LogP contribution is -2.30. The molecule has 0 aliphatic heterocycles. The van der Waals surface area contributed by atoms with Crippen molar-refractivity contribution < 1.29 is 28.6 Å². The van der Waals surface area contributed by atoms with Crippen molar-refractivity contribution in [2.75, 3.05) is 13.2 Å². The monoisotopic (exact) mass is 985 g/mol. The first-order valence-electron chi connectivity index (χ1n) is 29.4. The van der Waals surface area contributed by atoms with Gasteiger partial charge < -0.3 is 14.2 Å². The smallest absolute Gasteiger partial charge is 0.306 e. The highest BCUT2D eigenvalue weighted by atomic mass is 16.6. The Kier molecular flexibility index (Phi) is 55.4. The molecule has 6 heteroatoms. The van der Waals surface area contributed by atoms with Gasteiger partial charge in [-0.25, -0.2) is 0 Å². The number of hydrogen-bond acceptors (Lipinski definition) is 6. The van der Waals surface area contributed by atoms with Gasteiger partial charge in [0.2, 0.25) is 0 Å². The van der Waals surface area contributed by atoms with Crippen molar-refractivity contribution in [3.8, 4) is 0 Å². The molecule has 0 aliphatic carbocycles. The Bertz CT molecular complexity index is 1460. The Morgan fingerprint density at radius 2 is 0.549 bits per heavy atom. The minimum absolute atomic E-state index is 0.0997. The maximum absolute atomic E-state index is 12.9. The largest absolute Gasteiger partial charge is 0.462 e. The van der Waals surface area contributed by atoms with E-state index in [1.165, 1.54) is 89.9 Å². The molecule has 0 aliphatic rings. The standard InChI is InChI=1S/C65H108O6/c1-4-7-10-13-16-19-22-25-27-29-31-32-34-35-37-40-43-46-49-52-55-58-64(67)70-61-62(60-69-63(66)57-54-51-48-45-42-39-24-21-18-15-12-9-6-3)71-65(68)59-56-53-50-47-44-41-38-36-33-30-28-26-23-20-17-14-11-8-5-2/h7,9-10,12,16,18-19,21,25-28,31-32,35,37,39,42,62H,4-6,8,11,13-15,17,20,22-24,29-30,33-34,36,38,40-41,43-61H2,1-3H3/b10-7-,12-9-,19-16-,21-18-,27-25-,28-26-,32-31-,37-35-,42-39-. The number of unbranched alkanes of at least 4 members (excludes halogenated alkanes) is 23. The molecule has 71 heavy (non-hydrogen) atoms. The van der Waals surface area contributed by atoms with Crippen LogP contribution in [-0.4, -0.2) is 37.2 Å². The Hall–Kier alpha value is -3.93. The SMILES string of the molecule is CC/C=C\C/C=C\C/C=C\C/C=C\C/C=C\CCCCCCCC(=O)OCC(COC(=O)CCCCC/C=C\C/C=C\C/C=C\CC)OC(=O)CCCCCCCCCCC/C=C\CCCCCCCC. The molecule has 0 aromatic carbocycles. The van der Waals surface area contributed by atoms with E-state index in [-0.39, 0.29) is 31.1 Å². The van der Waals surface area contributed by atoms with Crippen molar-refractivity contribution in [3.63, 3.8) is 0 Å². The van der Waals surface area contributed by atoms with E-state index in [2.05, 4.69) is 130 Å². The Labute approximate surface area is 438 Å². The van der Waals surface area contributed by atoms with Gasteiger partial charge in [-0.1, -0.05) is 233 Å². The van der Waals surface area contributed by atoms with E-state index in [4.69, 9.17) is 14.2 Å². The third-order valence-electron chi connectivity index (χ3n) is 12.2. The number of hydrogen-bond donors (Lipinski definition) is 0. The maximum Gasteiger partial charge on any atom is 0.306 e. The highest BCUT2D eigenvalue weighted by molar-refractivity contribution is 5.71. The number of esters is 3. The van der Waals surface area contributed by atoms with Crippen molar-refractivity contribution in [1.29, 1.82) is 0 Å². The molecular weight excluding hydrogens is 877 g/mol. The molecule has 0 radical (unpaired) electrons. The van der Waals surface area contributed by atoms with Gasteiger partial charge >= 0.3 is 17.9 Å². The van der Waals surface area contributed by atoms with Crippen LogP contribution in [0.4, 0.5) is 0 Å². The van der Waals surface area contributed by atoms with Gasteiger partial charge in [-0.3, -0.25) is 14.4 Å². The van der Waals surface area contributed by atoms with Crippen LogP contribution in [0.5, 0.6) is 0 Å². The van der Waals surface area contributed by atoms with Crippen LogP contribution in [0.15, 0.2) is 109 Å². The molecule has 6 nitrogen and oxygen atoms in total. The van der Waals surface area contributed by atoms with E-state index in [1.807, 2.05) is 0 Å². The quantitative estimate of drug-likeness (QED) is 0.0261. The summed E-state index contributed by atoms with van der Waals surface area (Å²) in [6, 6.07) is 0. The molecule has 0 heterocycles. The van der Waals surface area contributed by atoms with E-state index in [0.717, 1.165) is 135 Å². The van der Waals surface area contributed by atoms with E-state index >= 15 is 0 Å². The zero-order valence-electron chi connectivity index (χ0n) is 46.2. The summed E-state index contributed by atoms with van der Waals surface area (Å²) in [5, 5.41) is 0. The van der Waals surface area contributed by atoms with Crippen LogP contribution in [0.1, 0.15) is 265 Å². The van der Waals surface area contributed by atoms with Crippen molar-refractivity contribution >= 4 is 17.9 Å². The van der Waals surface area contributed by atoms with Crippen LogP contribution in [0.3, 0.4) is 0 Å². The summed E-state index contributed by atoms with van der Waals surface area (Å²) in [5.74, 6) is -0.947. The third-order valence-corrected chi connectivity index (χ3v) is 12.2. The second kappa shape index (κ2) is 58.6. The Morgan fingerprint density at radius 1 is 0.296 bits per heavy atom. The maximum atomic E-state index is 12.9. The fourth-order valence-corrected chi connectivity index (χ4v) is 7.89. The fourth-order valence-electron chi connectivity index (χ4n) is 7.89. The van der Waals surface area contributed by atoms with Crippen LogP contribution in [0, 0.1) is 0 Å². The van der Waals surface area contributed by atoms with E-state index in [1.54, 1.807) is 0 Å². The van der Waals surface area contributed by atoms with Gasteiger partial charge in [0.15, 0.2) is 6.10 Å². The molecule has 0 saturated carbocycles. The van der Waals surface area contributed by atoms with Crippen LogP contribution in [0.2, 0.25) is 0 Å². The van der Waals surface area contributed by atoms with Crippen molar-refractivity contribution in [1.82, 2.24) is 0 Å². The van der Waals surface area contributed by atoms with Crippen LogP contribution < -0.4 is 0 Å². The minimum atomic E-state index is -0.802. The van der Waals surface area contributed by atoms with Gasteiger partial charge in [0.05, 0.1) is 0 Å². The number of carbonyl (C=O) groups is 3. The molecule has 0 spiro atoms. The normalized spacial score (nSPS) is 12.9. The molecule has 1 atom stereocenters. The number of allylic oxidation sites excluding steroid dienone is 18. The molecule has 0 fully saturated rings. The zero-order valence-corrected chi connectivity index (χ0v) is 46.2. The predicted molar refractivity (Wildman–Crippen MR) is 307 cm³/mol. The summed E-state index contributed by atoms with van der Waals surface area (Å²) in [5.41, 5.74) is 0. The summed E-state index contributed by atoms with van der Waals surface area (Å²) < 4.78 is 16.8. The van der Waals surface area contributed by atoms with Crippen molar-refractivity contribution in [2.45, 2.75) is 271 Å². The molecule has 1 unspecified atom stereocenters. The summed E-state index contributed by atoms with van der Waals surface area (Å²) in [6.07, 6.45) is 79.4. The molecule has 0 aromatic heterocycles. The second-order valence-corrected chi connectivity index (χ2v) is 19.1. The van der Waals surface area contributed by atoms with E-state index in [9.17, 15) is 14.4 Å². The van der Waals surface area contributed by atoms with Crippen LogP contribution >= 0.6 is 0 Å². The molecule has 0 aromatic rings. The lowest BCUT2D eigenvalue weighted by Gasteiger charge is -2.18. The van der Waals surface area contributed by atoms with Crippen LogP contribution in [-0.2, 0) is 28.6 Å². The second-order valence-electron chi connectivity index (χ2n) is 19.1. The summed E-state index contributed by atoms with van der Waals surface area (Å²) in [7, 11) is 0. The number of rotatable bonds is 52. The first kappa shape index (κ1) is 67.1. The highest BCUT2D eigenvalue weighted by Crippen LogP contribution is 2.15. The van der Waals surface area contributed by atoms with E-state index < -0.39 is 6.10 Å². The zero-order chi connectivity index (χ0) is 51.4. The molecule has 0 bridgehead atoms. The average Bonchev–Trinajstić information content (AvgIpc) is 3.37. The van der Waals surface area contributed by atoms with Gasteiger partial charge in [-0.05, 0) is 122 Å². The van der Waals surface area contributed by atoms with E-state index in [0.29, 0.717) is 19.3 Å². The van der Waals surface area contributed by atoms with Crippen molar-refractivity contribution in [2.24, 2.45) is 0 Å². The fraction of sp³-hybridized carbons (Fsp3) is 0.677. The molecule has 404 valence electrons. The molecule has 0 amide bonds. The number of carbonyl (C=O) groups excluding carboxylic acids is 3. The molecule has 0 saturated heterocycles. The van der Waals surface area contributed by atoms with Gasteiger partial charge in [0.25, 0.3) is 0 Å². The Morgan fingerprint density at radius 3 is 0.887 bits per heavy atom. The van der Waals surface area contributed by atoms with Crippen molar-refractivity contribution in [3.05, 3.63) is 109 Å². The Balaban J connectivity index is 4.43. The van der Waals surface area contributed by atoms with Gasteiger partial charge in [0, 0.05) is 19.3 Å².